The first-order valence-corrected chi connectivity index (χ1v) is 8.32. The highest BCUT2D eigenvalue weighted by Crippen LogP contribution is 2.21. The van der Waals surface area contributed by atoms with E-state index >= 15 is 0 Å². The van der Waals surface area contributed by atoms with E-state index in [4.69, 9.17) is 25.5 Å². The SMILES string of the molecule is O=C1NS(=O)(=O)c2ccccc21.OC[C@H]1O[C@H](O)[C@H](O)[C@@H](O)[C@@H]1O. The van der Waals surface area contributed by atoms with E-state index in [1.54, 1.807) is 12.1 Å². The Bertz CT molecular complexity index is 702. The first kappa shape index (κ1) is 18.7. The van der Waals surface area contributed by atoms with Crippen LogP contribution in [0.25, 0.3) is 0 Å². The van der Waals surface area contributed by atoms with Crippen LogP contribution in [0.4, 0.5) is 0 Å². The van der Waals surface area contributed by atoms with Crippen molar-refractivity contribution in [3.63, 3.8) is 0 Å². The number of aliphatic hydroxyl groups excluding tert-OH is 5. The number of hydrogen-bond donors (Lipinski definition) is 6. The highest BCUT2D eigenvalue weighted by Gasteiger charge is 2.42. The number of carbonyl (C=O) groups is 1. The number of fused-ring (bicyclic) bond motifs is 1. The number of amides is 1. The molecule has 0 radical (unpaired) electrons. The number of carbonyl (C=O) groups excluding carboxylic acids is 1. The Hall–Kier alpha value is -1.60. The lowest BCUT2D eigenvalue weighted by atomic mass is 10.00. The fraction of sp³-hybridized carbons (Fsp3) is 0.462. The highest BCUT2D eigenvalue weighted by atomic mass is 32.2. The predicted molar refractivity (Wildman–Crippen MR) is 77.1 cm³/mol. The van der Waals surface area contributed by atoms with E-state index < -0.39 is 53.2 Å². The molecule has 5 atom stereocenters. The molecule has 0 aliphatic carbocycles. The van der Waals surface area contributed by atoms with Crippen molar-refractivity contribution in [2.45, 2.75) is 35.6 Å². The average Bonchev–Trinajstić information content (AvgIpc) is 2.79. The fourth-order valence-corrected chi connectivity index (χ4v) is 3.37. The van der Waals surface area contributed by atoms with Crippen molar-refractivity contribution in [3.8, 4) is 0 Å². The van der Waals surface area contributed by atoms with Gasteiger partial charge >= 0.3 is 0 Å². The van der Waals surface area contributed by atoms with Gasteiger partial charge in [0.05, 0.1) is 12.2 Å². The van der Waals surface area contributed by atoms with Gasteiger partial charge in [0.15, 0.2) is 6.29 Å². The lowest BCUT2D eigenvalue weighted by molar-refractivity contribution is -0.286. The standard InChI is InChI=1S/C7H5NO3S.C6H12O6/c9-7-5-3-1-2-4-6(5)12(10,11)8-7;7-1-2-3(8)4(9)5(10)6(11)12-2/h1-4H,(H,8,9);2-11H,1H2/t;2-,3-,4+,5-,6+/m.1/s1. The lowest BCUT2D eigenvalue weighted by Gasteiger charge is -2.37. The number of hydrogen-bond acceptors (Lipinski definition) is 9. The van der Waals surface area contributed by atoms with Crippen LogP contribution in [0.3, 0.4) is 0 Å². The van der Waals surface area contributed by atoms with Crippen LogP contribution >= 0.6 is 0 Å². The summed E-state index contributed by atoms with van der Waals surface area (Å²) in [5, 5.41) is 44.7. The fourth-order valence-electron chi connectivity index (χ4n) is 2.20. The third kappa shape index (κ3) is 3.57. The zero-order valence-corrected chi connectivity index (χ0v) is 13.0. The molecule has 10 nitrogen and oxygen atoms in total. The van der Waals surface area contributed by atoms with Crippen LogP contribution in [-0.2, 0) is 14.8 Å². The summed E-state index contributed by atoms with van der Waals surface area (Å²) in [4.78, 5) is 11.1. The minimum absolute atomic E-state index is 0.0648. The van der Waals surface area contributed by atoms with Crippen LogP contribution in [0, 0.1) is 0 Å². The molecular formula is C13H17NO9S. The second kappa shape index (κ2) is 7.11. The van der Waals surface area contributed by atoms with Gasteiger partial charge in [-0.15, -0.1) is 0 Å². The molecule has 1 saturated heterocycles. The summed E-state index contributed by atoms with van der Waals surface area (Å²) in [7, 11) is -3.55. The molecule has 1 amide bonds. The summed E-state index contributed by atoms with van der Waals surface area (Å²) in [5.41, 5.74) is 0.220. The number of nitrogens with one attached hydrogen (secondary N) is 1. The number of ether oxygens (including phenoxy) is 1. The number of sulfonamides is 1. The maximum Gasteiger partial charge on any atom is 0.266 e. The molecule has 2 aliphatic heterocycles. The molecule has 6 N–H and O–H groups in total. The molecule has 0 spiro atoms. The zero-order valence-electron chi connectivity index (χ0n) is 12.2. The second-order valence-corrected chi connectivity index (χ2v) is 6.80. The Morgan fingerprint density at radius 2 is 1.67 bits per heavy atom. The molecule has 11 heteroatoms. The van der Waals surface area contributed by atoms with Crippen LogP contribution in [0.1, 0.15) is 10.4 Å². The third-order valence-corrected chi connectivity index (χ3v) is 4.90. The van der Waals surface area contributed by atoms with E-state index in [0.717, 1.165) is 0 Å². The second-order valence-electron chi connectivity index (χ2n) is 5.15. The van der Waals surface area contributed by atoms with Gasteiger partial charge in [0.2, 0.25) is 0 Å². The molecule has 134 valence electrons. The van der Waals surface area contributed by atoms with Crippen LogP contribution in [0.5, 0.6) is 0 Å². The van der Waals surface area contributed by atoms with E-state index in [1.165, 1.54) is 12.1 Å². The third-order valence-electron chi connectivity index (χ3n) is 3.52. The average molecular weight is 363 g/mol. The minimum atomic E-state index is -3.55. The van der Waals surface area contributed by atoms with Gasteiger partial charge in [0, 0.05) is 0 Å². The number of aliphatic hydroxyl groups is 5. The molecular weight excluding hydrogens is 346 g/mol. The smallest absolute Gasteiger partial charge is 0.266 e. The summed E-state index contributed by atoms with van der Waals surface area (Å²) < 4.78 is 28.7. The van der Waals surface area contributed by atoms with Crippen molar-refractivity contribution >= 4 is 15.9 Å². The molecule has 0 unspecified atom stereocenters. The first-order chi connectivity index (χ1) is 11.2. The molecule has 3 rings (SSSR count). The molecule has 1 aromatic carbocycles. The predicted octanol–water partition coefficient (Wildman–Crippen LogP) is -3.10. The van der Waals surface area contributed by atoms with E-state index in [-0.39, 0.29) is 10.5 Å². The molecule has 2 aliphatic rings. The summed E-state index contributed by atoms with van der Waals surface area (Å²) in [6.07, 6.45) is -7.04. The van der Waals surface area contributed by atoms with Gasteiger partial charge in [-0.3, -0.25) is 4.79 Å². The molecule has 0 saturated carbocycles. The maximum absolute atomic E-state index is 11.1. The topological polar surface area (TPSA) is 174 Å². The first-order valence-electron chi connectivity index (χ1n) is 6.84. The van der Waals surface area contributed by atoms with Gasteiger partial charge in [-0.2, -0.15) is 0 Å². The van der Waals surface area contributed by atoms with Gasteiger partial charge in [0.25, 0.3) is 15.9 Å². The Kier molecular flexibility index (Phi) is 5.55. The van der Waals surface area contributed by atoms with Gasteiger partial charge in [0.1, 0.15) is 29.3 Å². The lowest BCUT2D eigenvalue weighted by Crippen LogP contribution is -2.58. The van der Waals surface area contributed by atoms with Gasteiger partial charge in [-0.05, 0) is 12.1 Å². The monoisotopic (exact) mass is 363 g/mol. The molecule has 2 heterocycles. The highest BCUT2D eigenvalue weighted by molar-refractivity contribution is 7.90. The quantitative estimate of drug-likeness (QED) is 0.302. The molecule has 24 heavy (non-hydrogen) atoms. The summed E-state index contributed by atoms with van der Waals surface area (Å²) in [5.74, 6) is -0.550. The van der Waals surface area contributed by atoms with E-state index in [1.807, 2.05) is 4.72 Å². The van der Waals surface area contributed by atoms with Crippen LogP contribution in [0.2, 0.25) is 0 Å². The van der Waals surface area contributed by atoms with Crippen molar-refractivity contribution in [2.24, 2.45) is 0 Å². The van der Waals surface area contributed by atoms with E-state index in [2.05, 4.69) is 4.74 Å². The summed E-state index contributed by atoms with van der Waals surface area (Å²) in [6, 6.07) is 6.09. The molecule has 1 fully saturated rings. The summed E-state index contributed by atoms with van der Waals surface area (Å²) in [6.45, 7) is -0.526. The summed E-state index contributed by atoms with van der Waals surface area (Å²) >= 11 is 0. The normalized spacial score (nSPS) is 33.9. The maximum atomic E-state index is 11.1. The molecule has 1 aromatic rings. The van der Waals surface area contributed by atoms with Crippen LogP contribution < -0.4 is 4.72 Å². The van der Waals surface area contributed by atoms with Crippen molar-refractivity contribution in [1.82, 2.24) is 4.72 Å². The van der Waals surface area contributed by atoms with E-state index in [9.17, 15) is 13.2 Å². The van der Waals surface area contributed by atoms with Gasteiger partial charge in [-0.1, -0.05) is 12.1 Å². The Labute approximate surface area is 137 Å². The van der Waals surface area contributed by atoms with Crippen molar-refractivity contribution in [2.75, 3.05) is 6.61 Å². The van der Waals surface area contributed by atoms with Crippen LogP contribution in [0.15, 0.2) is 29.2 Å². The molecule has 0 bridgehead atoms. The zero-order chi connectivity index (χ0) is 18.1. The van der Waals surface area contributed by atoms with Crippen LogP contribution in [-0.4, -0.2) is 77.2 Å². The van der Waals surface area contributed by atoms with E-state index in [0.29, 0.717) is 0 Å². The Morgan fingerprint density at radius 1 is 1.04 bits per heavy atom. The van der Waals surface area contributed by atoms with Crippen molar-refractivity contribution in [1.29, 1.82) is 0 Å². The van der Waals surface area contributed by atoms with Crippen molar-refractivity contribution in [3.05, 3.63) is 29.8 Å². The Balaban J connectivity index is 0.000000174. The molecule has 0 aromatic heterocycles. The number of benzene rings is 1. The van der Waals surface area contributed by atoms with Crippen molar-refractivity contribution < 1.29 is 43.5 Å². The van der Waals surface area contributed by atoms with Gasteiger partial charge in [-0.25, -0.2) is 13.1 Å². The largest absolute Gasteiger partial charge is 0.394 e. The van der Waals surface area contributed by atoms with Gasteiger partial charge < -0.3 is 30.3 Å². The minimum Gasteiger partial charge on any atom is -0.394 e. The Morgan fingerprint density at radius 3 is 2.25 bits per heavy atom. The number of rotatable bonds is 1.